The standard InChI is InChI=1S/C31H50N2O5/c1-20(2)24-8-10-30(6,33-14-12-32(13-15-33)16-18-37-19-17-34)29(27(24)36)31(7)11-9-25-23(5)26(35)21(3)22(4)28(25)38-31/h20,24,29,34-35H,8-19H2,1-7H3. The number of ether oxygens (including phenoxy) is 2. The van der Waals surface area contributed by atoms with E-state index in [-0.39, 0.29) is 24.0 Å². The summed E-state index contributed by atoms with van der Waals surface area (Å²) >= 11 is 0. The fourth-order valence-corrected chi connectivity index (χ4v) is 7.53. The number of benzene rings is 1. The molecule has 0 spiro atoms. The first kappa shape index (κ1) is 29.3. The summed E-state index contributed by atoms with van der Waals surface area (Å²) in [6, 6.07) is 0. The molecule has 214 valence electrons. The van der Waals surface area contributed by atoms with E-state index in [0.29, 0.717) is 30.7 Å². The molecule has 7 heteroatoms. The second kappa shape index (κ2) is 11.4. The van der Waals surface area contributed by atoms with Gasteiger partial charge in [0.1, 0.15) is 22.9 Å². The number of fused-ring (bicyclic) bond motifs is 1. The van der Waals surface area contributed by atoms with E-state index in [4.69, 9.17) is 14.6 Å². The van der Waals surface area contributed by atoms with Crippen LogP contribution >= 0.6 is 0 Å². The quantitative estimate of drug-likeness (QED) is 0.491. The molecular weight excluding hydrogens is 480 g/mol. The number of ketones is 1. The monoisotopic (exact) mass is 530 g/mol. The summed E-state index contributed by atoms with van der Waals surface area (Å²) in [6.45, 7) is 20.5. The molecule has 4 atom stereocenters. The van der Waals surface area contributed by atoms with E-state index in [2.05, 4.69) is 37.5 Å². The third-order valence-corrected chi connectivity index (χ3v) is 10.1. The normalized spacial score (nSPS) is 30.9. The van der Waals surface area contributed by atoms with E-state index < -0.39 is 5.60 Å². The Bertz CT molecular complexity index is 1020. The maximum atomic E-state index is 14.4. The molecule has 0 amide bonds. The summed E-state index contributed by atoms with van der Waals surface area (Å²) in [5.74, 6) is 1.76. The molecule has 2 heterocycles. The molecule has 0 radical (unpaired) electrons. The number of carbonyl (C=O) groups is 1. The van der Waals surface area contributed by atoms with E-state index in [9.17, 15) is 9.90 Å². The van der Waals surface area contributed by atoms with Gasteiger partial charge >= 0.3 is 0 Å². The van der Waals surface area contributed by atoms with Crippen molar-refractivity contribution in [3.8, 4) is 11.5 Å². The van der Waals surface area contributed by atoms with Crippen LogP contribution < -0.4 is 4.74 Å². The minimum Gasteiger partial charge on any atom is -0.507 e. The zero-order valence-electron chi connectivity index (χ0n) is 24.7. The van der Waals surface area contributed by atoms with Crippen molar-refractivity contribution in [3.05, 3.63) is 22.3 Å². The lowest BCUT2D eigenvalue weighted by Crippen LogP contribution is -2.69. The van der Waals surface area contributed by atoms with Crippen molar-refractivity contribution < 1.29 is 24.5 Å². The van der Waals surface area contributed by atoms with Crippen LogP contribution in [-0.4, -0.2) is 89.5 Å². The summed E-state index contributed by atoms with van der Waals surface area (Å²) in [6.07, 6.45) is 3.49. The Kier molecular flexibility index (Phi) is 8.83. The van der Waals surface area contributed by atoms with Gasteiger partial charge in [0.05, 0.1) is 25.7 Å². The largest absolute Gasteiger partial charge is 0.507 e. The van der Waals surface area contributed by atoms with Crippen molar-refractivity contribution in [2.75, 3.05) is 52.5 Å². The van der Waals surface area contributed by atoms with E-state index in [1.54, 1.807) is 0 Å². The fourth-order valence-electron chi connectivity index (χ4n) is 7.53. The highest BCUT2D eigenvalue weighted by Crippen LogP contribution is 2.52. The topological polar surface area (TPSA) is 82.5 Å². The third kappa shape index (κ3) is 5.24. The molecule has 2 aliphatic heterocycles. The number of phenols is 1. The molecule has 1 aliphatic carbocycles. The number of carbonyl (C=O) groups excluding carboxylic acids is 1. The van der Waals surface area contributed by atoms with Crippen molar-refractivity contribution >= 4 is 5.78 Å². The minimum absolute atomic E-state index is 0.0595. The highest BCUT2D eigenvalue weighted by atomic mass is 16.5. The number of aliphatic hydroxyl groups is 1. The third-order valence-electron chi connectivity index (χ3n) is 10.1. The second-order valence-electron chi connectivity index (χ2n) is 12.7. The maximum absolute atomic E-state index is 14.4. The average Bonchev–Trinajstić information content (AvgIpc) is 2.88. The van der Waals surface area contributed by atoms with Crippen molar-refractivity contribution in [2.45, 2.75) is 85.3 Å². The van der Waals surface area contributed by atoms with E-state index >= 15 is 0 Å². The Balaban J connectivity index is 1.62. The lowest BCUT2D eigenvalue weighted by atomic mass is 9.58. The van der Waals surface area contributed by atoms with Gasteiger partial charge in [-0.1, -0.05) is 13.8 Å². The van der Waals surface area contributed by atoms with Gasteiger partial charge in [-0.3, -0.25) is 14.6 Å². The van der Waals surface area contributed by atoms with Gasteiger partial charge in [0.25, 0.3) is 0 Å². The minimum atomic E-state index is -0.609. The summed E-state index contributed by atoms with van der Waals surface area (Å²) < 4.78 is 12.5. The Labute approximate surface area is 229 Å². The van der Waals surface area contributed by atoms with Gasteiger partial charge in [0, 0.05) is 49.7 Å². The summed E-state index contributed by atoms with van der Waals surface area (Å²) in [4.78, 5) is 19.4. The van der Waals surface area contributed by atoms with Crippen molar-refractivity contribution in [3.63, 3.8) is 0 Å². The predicted octanol–water partition coefficient (Wildman–Crippen LogP) is 4.04. The summed E-state index contributed by atoms with van der Waals surface area (Å²) in [5, 5.41) is 19.6. The fraction of sp³-hybridized carbons (Fsp3) is 0.774. The van der Waals surface area contributed by atoms with Gasteiger partial charge in [-0.05, 0) is 82.9 Å². The van der Waals surface area contributed by atoms with Crippen molar-refractivity contribution in [1.29, 1.82) is 0 Å². The lowest BCUT2D eigenvalue weighted by Gasteiger charge is -2.58. The number of aliphatic hydroxyl groups excluding tert-OH is 1. The van der Waals surface area contributed by atoms with Gasteiger partial charge in [-0.2, -0.15) is 0 Å². The molecule has 1 saturated carbocycles. The molecule has 3 aliphatic rings. The second-order valence-corrected chi connectivity index (χ2v) is 12.7. The van der Waals surface area contributed by atoms with E-state index in [1.807, 2.05) is 20.8 Å². The Morgan fingerprint density at radius 1 is 1.03 bits per heavy atom. The molecule has 1 saturated heterocycles. The molecule has 4 unspecified atom stereocenters. The molecule has 4 rings (SSSR count). The molecular formula is C31H50N2O5. The predicted molar refractivity (Wildman–Crippen MR) is 150 cm³/mol. The number of piperazine rings is 1. The van der Waals surface area contributed by atoms with Gasteiger partial charge in [-0.25, -0.2) is 0 Å². The van der Waals surface area contributed by atoms with Crippen LogP contribution in [0.25, 0.3) is 0 Å². The molecule has 2 N–H and O–H groups in total. The number of nitrogens with zero attached hydrogens (tertiary/aromatic N) is 2. The van der Waals surface area contributed by atoms with E-state index in [1.165, 1.54) is 0 Å². The van der Waals surface area contributed by atoms with Gasteiger partial charge < -0.3 is 19.7 Å². The van der Waals surface area contributed by atoms with Crippen LogP contribution in [0.4, 0.5) is 0 Å². The first-order valence-corrected chi connectivity index (χ1v) is 14.6. The Morgan fingerprint density at radius 2 is 1.71 bits per heavy atom. The molecule has 0 aromatic heterocycles. The van der Waals surface area contributed by atoms with Crippen molar-refractivity contribution in [1.82, 2.24) is 9.80 Å². The molecule has 2 fully saturated rings. The van der Waals surface area contributed by atoms with Crippen LogP contribution in [0, 0.1) is 38.5 Å². The lowest BCUT2D eigenvalue weighted by molar-refractivity contribution is -0.159. The van der Waals surface area contributed by atoms with E-state index in [0.717, 1.165) is 86.4 Å². The molecule has 0 bridgehead atoms. The first-order chi connectivity index (χ1) is 17.9. The van der Waals surface area contributed by atoms with Gasteiger partial charge in [0.2, 0.25) is 0 Å². The maximum Gasteiger partial charge on any atom is 0.145 e. The molecule has 38 heavy (non-hydrogen) atoms. The molecule has 7 nitrogen and oxygen atoms in total. The van der Waals surface area contributed by atoms with Gasteiger partial charge in [0.15, 0.2) is 0 Å². The smallest absolute Gasteiger partial charge is 0.145 e. The number of Topliss-reactive ketones (excluding diaryl/α,β-unsaturated/α-hetero) is 1. The van der Waals surface area contributed by atoms with Crippen LogP contribution in [0.1, 0.15) is 69.2 Å². The molecule has 1 aromatic carbocycles. The SMILES string of the molecule is Cc1c(C)c2c(c(C)c1O)CCC(C)(C1C(=O)C(C(C)C)CCC1(C)N1CCN(CCOCCO)CC1)O2. The number of phenolic OH excluding ortho intramolecular Hbond substituents is 1. The van der Waals surface area contributed by atoms with Crippen LogP contribution in [0.3, 0.4) is 0 Å². The summed E-state index contributed by atoms with van der Waals surface area (Å²) in [5.41, 5.74) is 2.96. The summed E-state index contributed by atoms with van der Waals surface area (Å²) in [7, 11) is 0. The number of rotatable bonds is 8. The van der Waals surface area contributed by atoms with Crippen LogP contribution in [0.2, 0.25) is 0 Å². The zero-order valence-corrected chi connectivity index (χ0v) is 24.7. The van der Waals surface area contributed by atoms with Crippen LogP contribution in [0.5, 0.6) is 11.5 Å². The van der Waals surface area contributed by atoms with Crippen LogP contribution in [-0.2, 0) is 16.0 Å². The number of hydrogen-bond donors (Lipinski definition) is 2. The molecule has 1 aromatic rings. The highest BCUT2D eigenvalue weighted by molar-refractivity contribution is 5.87. The van der Waals surface area contributed by atoms with Crippen molar-refractivity contribution in [2.24, 2.45) is 17.8 Å². The number of aromatic hydroxyl groups is 1. The zero-order chi connectivity index (χ0) is 27.8. The van der Waals surface area contributed by atoms with Gasteiger partial charge in [-0.15, -0.1) is 0 Å². The number of hydrogen-bond acceptors (Lipinski definition) is 7. The average molecular weight is 531 g/mol. The highest BCUT2D eigenvalue weighted by Gasteiger charge is 2.59. The van der Waals surface area contributed by atoms with Crippen LogP contribution in [0.15, 0.2) is 0 Å². The first-order valence-electron chi connectivity index (χ1n) is 14.6. The Morgan fingerprint density at radius 3 is 2.34 bits per heavy atom. The Hall–Kier alpha value is -1.67.